The molecule has 5 heteroatoms. The molecule has 0 heterocycles. The van der Waals surface area contributed by atoms with E-state index in [9.17, 15) is 10.1 Å². The predicted octanol–water partition coefficient (Wildman–Crippen LogP) is 3.59. The van der Waals surface area contributed by atoms with Crippen LogP contribution in [0.5, 0.6) is 5.75 Å². The lowest BCUT2D eigenvalue weighted by Crippen LogP contribution is -2.42. The number of hydrogen-bond donors (Lipinski definition) is 1. The first kappa shape index (κ1) is 15.8. The minimum Gasteiger partial charge on any atom is -0.490 e. The zero-order valence-electron chi connectivity index (χ0n) is 12.6. The van der Waals surface area contributed by atoms with E-state index in [4.69, 9.17) is 10.5 Å². The second kappa shape index (κ2) is 6.89. The van der Waals surface area contributed by atoms with Crippen molar-refractivity contribution in [3.05, 3.63) is 33.9 Å². The van der Waals surface area contributed by atoms with E-state index >= 15 is 0 Å². The minimum absolute atomic E-state index is 0.0180. The highest BCUT2D eigenvalue weighted by Crippen LogP contribution is 2.32. The van der Waals surface area contributed by atoms with Crippen LogP contribution in [0.15, 0.2) is 18.2 Å². The summed E-state index contributed by atoms with van der Waals surface area (Å²) in [6.45, 7) is 0. The zero-order chi connectivity index (χ0) is 15.3. The molecule has 21 heavy (non-hydrogen) atoms. The average molecular weight is 292 g/mol. The van der Waals surface area contributed by atoms with Crippen LogP contribution in [0.25, 0.3) is 0 Å². The second-order valence-corrected chi connectivity index (χ2v) is 6.07. The number of ether oxygens (including phenoxy) is 1. The van der Waals surface area contributed by atoms with Crippen molar-refractivity contribution in [2.45, 2.75) is 56.9 Å². The summed E-state index contributed by atoms with van der Waals surface area (Å²) in [6.07, 6.45) is 8.74. The van der Waals surface area contributed by atoms with Gasteiger partial charge in [0, 0.05) is 11.6 Å². The molecule has 1 saturated carbocycles. The van der Waals surface area contributed by atoms with Gasteiger partial charge in [-0.05, 0) is 30.9 Å². The highest BCUT2D eigenvalue weighted by molar-refractivity contribution is 5.49. The summed E-state index contributed by atoms with van der Waals surface area (Å²) in [4.78, 5) is 10.7. The van der Waals surface area contributed by atoms with Gasteiger partial charge in [0.15, 0.2) is 5.75 Å². The van der Waals surface area contributed by atoms with Crippen molar-refractivity contribution < 1.29 is 9.66 Å². The molecule has 0 aromatic heterocycles. The molecule has 1 aromatic carbocycles. The quantitative estimate of drug-likeness (QED) is 0.679. The van der Waals surface area contributed by atoms with Crippen molar-refractivity contribution in [1.29, 1.82) is 0 Å². The van der Waals surface area contributed by atoms with Crippen molar-refractivity contribution in [3.8, 4) is 5.75 Å². The van der Waals surface area contributed by atoms with E-state index in [0.29, 0.717) is 12.2 Å². The molecule has 0 bridgehead atoms. The maximum absolute atomic E-state index is 11.1. The van der Waals surface area contributed by atoms with Gasteiger partial charge >= 0.3 is 5.69 Å². The Hall–Kier alpha value is -1.62. The average Bonchev–Trinajstić information content (AvgIpc) is 2.43. The molecule has 0 saturated heterocycles. The first-order valence-electron chi connectivity index (χ1n) is 7.64. The number of nitrogens with two attached hydrogens (primary N) is 1. The van der Waals surface area contributed by atoms with Gasteiger partial charge in [-0.15, -0.1) is 0 Å². The number of rotatable bonds is 4. The molecule has 0 atom stereocenters. The SMILES string of the molecule is COc1ccc(CC2(N)CCCCCCC2)cc1[N+](=O)[O-]. The van der Waals surface area contributed by atoms with Crippen LogP contribution < -0.4 is 10.5 Å². The lowest BCUT2D eigenvalue weighted by Gasteiger charge is -2.31. The Labute approximate surface area is 125 Å². The van der Waals surface area contributed by atoms with Crippen LogP contribution in [0, 0.1) is 10.1 Å². The van der Waals surface area contributed by atoms with E-state index in [-0.39, 0.29) is 11.2 Å². The van der Waals surface area contributed by atoms with E-state index in [1.807, 2.05) is 6.07 Å². The fourth-order valence-electron chi connectivity index (χ4n) is 3.18. The van der Waals surface area contributed by atoms with E-state index in [1.165, 1.54) is 26.4 Å². The van der Waals surface area contributed by atoms with Gasteiger partial charge in [-0.3, -0.25) is 10.1 Å². The zero-order valence-corrected chi connectivity index (χ0v) is 12.6. The van der Waals surface area contributed by atoms with Crippen LogP contribution in [0.1, 0.15) is 50.5 Å². The molecule has 1 fully saturated rings. The topological polar surface area (TPSA) is 78.4 Å². The standard InChI is InChI=1S/C16H24N2O3/c1-21-15-8-7-13(11-14(15)18(19)20)12-16(17)9-5-3-2-4-6-10-16/h7-8,11H,2-6,9-10,12,17H2,1H3. The summed E-state index contributed by atoms with van der Waals surface area (Å²) in [6, 6.07) is 5.16. The van der Waals surface area contributed by atoms with Gasteiger partial charge in [0.2, 0.25) is 0 Å². The molecule has 0 unspecified atom stereocenters. The van der Waals surface area contributed by atoms with E-state index < -0.39 is 4.92 Å². The molecular formula is C16H24N2O3. The lowest BCUT2D eigenvalue weighted by atomic mass is 9.80. The first-order valence-corrected chi connectivity index (χ1v) is 7.64. The van der Waals surface area contributed by atoms with Crippen LogP contribution >= 0.6 is 0 Å². The predicted molar refractivity (Wildman–Crippen MR) is 82.6 cm³/mol. The highest BCUT2D eigenvalue weighted by atomic mass is 16.6. The summed E-state index contributed by atoms with van der Waals surface area (Å²) in [5, 5.41) is 11.1. The second-order valence-electron chi connectivity index (χ2n) is 6.07. The number of nitrogens with zero attached hydrogens (tertiary/aromatic N) is 1. The molecule has 116 valence electrons. The third-order valence-corrected chi connectivity index (χ3v) is 4.35. The van der Waals surface area contributed by atoms with E-state index in [2.05, 4.69) is 0 Å². The number of methoxy groups -OCH3 is 1. The van der Waals surface area contributed by atoms with Crippen LogP contribution in [-0.2, 0) is 6.42 Å². The van der Waals surface area contributed by atoms with Gasteiger partial charge in [-0.1, -0.05) is 38.2 Å². The fourth-order valence-corrected chi connectivity index (χ4v) is 3.18. The normalized spacial score (nSPS) is 18.6. The molecule has 0 aliphatic heterocycles. The fraction of sp³-hybridized carbons (Fsp3) is 0.625. The Kier molecular flexibility index (Phi) is 5.17. The van der Waals surface area contributed by atoms with Crippen LogP contribution in [0.4, 0.5) is 5.69 Å². The highest BCUT2D eigenvalue weighted by Gasteiger charge is 2.27. The molecule has 2 N–H and O–H groups in total. The summed E-state index contributed by atoms with van der Waals surface area (Å²) in [5.74, 6) is 0.299. The third-order valence-electron chi connectivity index (χ3n) is 4.35. The maximum atomic E-state index is 11.1. The monoisotopic (exact) mass is 292 g/mol. The van der Waals surface area contributed by atoms with Crippen molar-refractivity contribution in [2.24, 2.45) is 5.73 Å². The molecule has 0 amide bonds. The largest absolute Gasteiger partial charge is 0.490 e. The lowest BCUT2D eigenvalue weighted by molar-refractivity contribution is -0.385. The molecule has 0 spiro atoms. The summed E-state index contributed by atoms with van der Waals surface area (Å²) in [5.41, 5.74) is 7.26. The molecule has 0 radical (unpaired) electrons. The van der Waals surface area contributed by atoms with Gasteiger partial charge in [0.05, 0.1) is 12.0 Å². The summed E-state index contributed by atoms with van der Waals surface area (Å²) < 4.78 is 5.04. The Morgan fingerprint density at radius 2 is 1.86 bits per heavy atom. The molecular weight excluding hydrogens is 268 g/mol. The van der Waals surface area contributed by atoms with Gasteiger partial charge in [-0.2, -0.15) is 0 Å². The van der Waals surface area contributed by atoms with Gasteiger partial charge in [0.25, 0.3) is 0 Å². The molecule has 1 aliphatic carbocycles. The third kappa shape index (κ3) is 4.17. The molecule has 2 rings (SSSR count). The molecule has 5 nitrogen and oxygen atoms in total. The Balaban J connectivity index is 2.17. The molecule has 1 aliphatic rings. The summed E-state index contributed by atoms with van der Waals surface area (Å²) in [7, 11) is 1.45. The number of nitro groups is 1. The van der Waals surface area contributed by atoms with Crippen LogP contribution in [-0.4, -0.2) is 17.6 Å². The number of nitro benzene ring substituents is 1. The van der Waals surface area contributed by atoms with Crippen LogP contribution in [0.3, 0.4) is 0 Å². The van der Waals surface area contributed by atoms with Crippen molar-refractivity contribution in [3.63, 3.8) is 0 Å². The Morgan fingerprint density at radius 1 is 1.24 bits per heavy atom. The van der Waals surface area contributed by atoms with Crippen molar-refractivity contribution in [2.75, 3.05) is 7.11 Å². The molecule has 1 aromatic rings. The minimum atomic E-state index is -0.399. The van der Waals surface area contributed by atoms with Crippen molar-refractivity contribution >= 4 is 5.69 Å². The number of benzene rings is 1. The van der Waals surface area contributed by atoms with Gasteiger partial charge < -0.3 is 10.5 Å². The number of hydrogen-bond acceptors (Lipinski definition) is 4. The maximum Gasteiger partial charge on any atom is 0.311 e. The van der Waals surface area contributed by atoms with E-state index in [1.54, 1.807) is 12.1 Å². The summed E-state index contributed by atoms with van der Waals surface area (Å²) >= 11 is 0. The van der Waals surface area contributed by atoms with Gasteiger partial charge in [-0.25, -0.2) is 0 Å². The Morgan fingerprint density at radius 3 is 2.43 bits per heavy atom. The first-order chi connectivity index (χ1) is 10.0. The van der Waals surface area contributed by atoms with Crippen LogP contribution in [0.2, 0.25) is 0 Å². The van der Waals surface area contributed by atoms with Gasteiger partial charge in [0.1, 0.15) is 0 Å². The smallest absolute Gasteiger partial charge is 0.311 e. The van der Waals surface area contributed by atoms with E-state index in [0.717, 1.165) is 31.2 Å². The van der Waals surface area contributed by atoms with Crippen molar-refractivity contribution in [1.82, 2.24) is 0 Å². The Bertz CT molecular complexity index is 494.